The summed E-state index contributed by atoms with van der Waals surface area (Å²) in [5.74, 6) is -0.0238. The molecule has 1 fully saturated rings. The molecule has 2 aliphatic heterocycles. The Labute approximate surface area is 194 Å². The van der Waals surface area contributed by atoms with E-state index in [0.29, 0.717) is 24.7 Å². The molecule has 0 bridgehead atoms. The minimum atomic E-state index is -0.501. The van der Waals surface area contributed by atoms with E-state index < -0.39 is 6.10 Å². The predicted octanol–water partition coefficient (Wildman–Crippen LogP) is 3.81. The third-order valence-electron chi connectivity index (χ3n) is 5.69. The van der Waals surface area contributed by atoms with Crippen molar-refractivity contribution in [3.63, 3.8) is 0 Å². The van der Waals surface area contributed by atoms with Gasteiger partial charge in [-0.15, -0.1) is 0 Å². The number of amides is 1. The largest absolute Gasteiger partial charge is 0.389 e. The van der Waals surface area contributed by atoms with E-state index in [-0.39, 0.29) is 10.8 Å². The second kappa shape index (κ2) is 12.2. The van der Waals surface area contributed by atoms with Crippen LogP contribution in [0.25, 0.3) is 0 Å². The monoisotopic (exact) mass is 467 g/mol. The molecule has 0 aromatic heterocycles. The standard InChI is InChI=1S/C23H34ClN3O3S/c1-2-3-9-23(10-4-15-31-23)30-18-21(28)16-26-11-13-27(14-12-26)17-22(29)25-20-7-5-19(24)6-8-20/h4-8,15,21,28H,2-3,9-14,16-18H2,1H3,(H,25,29). The average Bonchev–Trinajstić information content (AvgIpc) is 3.23. The molecule has 6 nitrogen and oxygen atoms in total. The van der Waals surface area contributed by atoms with E-state index in [4.69, 9.17) is 16.3 Å². The Morgan fingerprint density at radius 1 is 1.26 bits per heavy atom. The Balaban J connectivity index is 1.33. The quantitative estimate of drug-likeness (QED) is 0.516. The Morgan fingerprint density at radius 3 is 2.61 bits per heavy atom. The van der Waals surface area contributed by atoms with E-state index in [1.165, 1.54) is 0 Å². The van der Waals surface area contributed by atoms with Crippen LogP contribution in [0.3, 0.4) is 0 Å². The number of carbonyl (C=O) groups excluding carboxylic acids is 1. The first kappa shape index (κ1) is 24.6. The first-order valence-electron chi connectivity index (χ1n) is 11.1. The molecule has 172 valence electrons. The van der Waals surface area contributed by atoms with Crippen LogP contribution in [0.2, 0.25) is 5.02 Å². The van der Waals surface area contributed by atoms with Crippen LogP contribution in [0.5, 0.6) is 0 Å². The summed E-state index contributed by atoms with van der Waals surface area (Å²) in [5.41, 5.74) is 0.753. The number of halogens is 1. The fourth-order valence-electron chi connectivity index (χ4n) is 3.89. The highest BCUT2D eigenvalue weighted by Gasteiger charge is 2.33. The van der Waals surface area contributed by atoms with Gasteiger partial charge in [0.25, 0.3) is 0 Å². The lowest BCUT2D eigenvalue weighted by atomic mass is 10.1. The second-order valence-corrected chi connectivity index (χ2v) is 9.99. The number of benzene rings is 1. The molecule has 0 radical (unpaired) electrons. The van der Waals surface area contributed by atoms with Crippen molar-refractivity contribution < 1.29 is 14.6 Å². The highest BCUT2D eigenvalue weighted by atomic mass is 35.5. The molecular weight excluding hydrogens is 434 g/mol. The van der Waals surface area contributed by atoms with Crippen molar-refractivity contribution in [3.05, 3.63) is 40.8 Å². The molecule has 2 aliphatic rings. The first-order chi connectivity index (χ1) is 15.0. The molecule has 31 heavy (non-hydrogen) atoms. The maximum atomic E-state index is 12.3. The zero-order valence-corrected chi connectivity index (χ0v) is 19.8. The van der Waals surface area contributed by atoms with Crippen LogP contribution in [0, 0.1) is 0 Å². The van der Waals surface area contributed by atoms with Crippen molar-refractivity contribution in [2.45, 2.75) is 43.6 Å². The van der Waals surface area contributed by atoms with Crippen molar-refractivity contribution >= 4 is 35.0 Å². The van der Waals surface area contributed by atoms with Crippen molar-refractivity contribution in [1.82, 2.24) is 9.80 Å². The summed E-state index contributed by atoms with van der Waals surface area (Å²) >= 11 is 7.62. The summed E-state index contributed by atoms with van der Waals surface area (Å²) in [5, 5.41) is 16.2. The zero-order chi connectivity index (χ0) is 22.1. The van der Waals surface area contributed by atoms with E-state index in [1.54, 1.807) is 36.0 Å². The number of unbranched alkanes of at least 4 members (excludes halogenated alkanes) is 1. The number of piperazine rings is 1. The maximum Gasteiger partial charge on any atom is 0.238 e. The predicted molar refractivity (Wildman–Crippen MR) is 129 cm³/mol. The van der Waals surface area contributed by atoms with Gasteiger partial charge in [0.2, 0.25) is 5.91 Å². The van der Waals surface area contributed by atoms with E-state index in [9.17, 15) is 9.90 Å². The van der Waals surface area contributed by atoms with E-state index >= 15 is 0 Å². The minimum Gasteiger partial charge on any atom is -0.389 e. The first-order valence-corrected chi connectivity index (χ1v) is 12.4. The third-order valence-corrected chi connectivity index (χ3v) is 7.19. The number of hydrogen-bond acceptors (Lipinski definition) is 6. The molecule has 2 heterocycles. The fourth-order valence-corrected chi connectivity index (χ4v) is 5.04. The number of nitrogens with one attached hydrogen (secondary N) is 1. The van der Waals surface area contributed by atoms with Gasteiger partial charge in [0.1, 0.15) is 4.93 Å². The lowest BCUT2D eigenvalue weighted by molar-refractivity contribution is -0.117. The molecule has 1 amide bonds. The van der Waals surface area contributed by atoms with Gasteiger partial charge in [-0.25, -0.2) is 0 Å². The number of ether oxygens (including phenoxy) is 1. The number of carbonyl (C=O) groups is 1. The topological polar surface area (TPSA) is 65.0 Å². The Hall–Kier alpha value is -1.09. The van der Waals surface area contributed by atoms with Crippen LogP contribution < -0.4 is 5.32 Å². The zero-order valence-electron chi connectivity index (χ0n) is 18.3. The number of anilines is 1. The van der Waals surface area contributed by atoms with Gasteiger partial charge in [-0.1, -0.05) is 42.8 Å². The molecular formula is C23H34ClN3O3S. The van der Waals surface area contributed by atoms with Gasteiger partial charge >= 0.3 is 0 Å². The van der Waals surface area contributed by atoms with Gasteiger partial charge in [0, 0.05) is 49.9 Å². The fraction of sp³-hybridized carbons (Fsp3) is 0.609. The number of thioether (sulfide) groups is 1. The molecule has 2 atom stereocenters. The Kier molecular flexibility index (Phi) is 9.69. The molecule has 8 heteroatoms. The molecule has 2 unspecified atom stereocenters. The lowest BCUT2D eigenvalue weighted by Crippen LogP contribution is -2.50. The Bertz CT molecular complexity index is 715. The van der Waals surface area contributed by atoms with Crippen LogP contribution in [0.15, 0.2) is 35.7 Å². The van der Waals surface area contributed by atoms with Crippen molar-refractivity contribution in [1.29, 1.82) is 0 Å². The molecule has 0 saturated carbocycles. The average molecular weight is 468 g/mol. The highest BCUT2D eigenvalue weighted by Crippen LogP contribution is 2.41. The number of nitrogens with zero attached hydrogens (tertiary/aromatic N) is 2. The Morgan fingerprint density at radius 2 is 1.97 bits per heavy atom. The number of β-amino-alcohol motifs (C(OH)–C–C–N with tert-alkyl or cyclic N) is 1. The smallest absolute Gasteiger partial charge is 0.238 e. The summed E-state index contributed by atoms with van der Waals surface area (Å²) in [6.45, 7) is 6.81. The van der Waals surface area contributed by atoms with Crippen LogP contribution >= 0.6 is 23.4 Å². The highest BCUT2D eigenvalue weighted by molar-refractivity contribution is 8.03. The SMILES string of the molecule is CCCCC1(OCC(O)CN2CCN(CC(=O)Nc3ccc(Cl)cc3)CC2)CC=CS1. The number of aliphatic hydroxyl groups is 1. The summed E-state index contributed by atoms with van der Waals surface area (Å²) in [6.07, 6.45) is 5.88. The van der Waals surface area contributed by atoms with Gasteiger partial charge in [0.05, 0.1) is 19.3 Å². The van der Waals surface area contributed by atoms with Crippen LogP contribution in [-0.2, 0) is 9.53 Å². The lowest BCUT2D eigenvalue weighted by Gasteiger charge is -2.36. The van der Waals surface area contributed by atoms with E-state index in [0.717, 1.165) is 57.5 Å². The van der Waals surface area contributed by atoms with Gasteiger partial charge < -0.3 is 15.2 Å². The van der Waals surface area contributed by atoms with Crippen LogP contribution in [0.1, 0.15) is 32.6 Å². The number of hydrogen-bond donors (Lipinski definition) is 2. The van der Waals surface area contributed by atoms with Crippen molar-refractivity contribution in [2.24, 2.45) is 0 Å². The van der Waals surface area contributed by atoms with Crippen LogP contribution in [-0.4, -0.2) is 77.7 Å². The van der Waals surface area contributed by atoms with E-state index in [2.05, 4.69) is 33.5 Å². The van der Waals surface area contributed by atoms with Crippen molar-refractivity contribution in [3.8, 4) is 0 Å². The minimum absolute atomic E-state index is 0.0238. The van der Waals surface area contributed by atoms with Gasteiger partial charge in [0.15, 0.2) is 0 Å². The van der Waals surface area contributed by atoms with Crippen LogP contribution in [0.4, 0.5) is 5.69 Å². The number of aliphatic hydroxyl groups excluding tert-OH is 1. The summed E-state index contributed by atoms with van der Waals surface area (Å²) in [4.78, 5) is 16.5. The van der Waals surface area contributed by atoms with E-state index in [1.807, 2.05) is 0 Å². The molecule has 2 N–H and O–H groups in total. The normalized spacial score (nSPS) is 23.2. The van der Waals surface area contributed by atoms with Gasteiger partial charge in [-0.3, -0.25) is 14.6 Å². The van der Waals surface area contributed by atoms with Gasteiger partial charge in [-0.2, -0.15) is 0 Å². The molecule has 1 aromatic carbocycles. The summed E-state index contributed by atoms with van der Waals surface area (Å²) in [6, 6.07) is 7.12. The van der Waals surface area contributed by atoms with Gasteiger partial charge in [-0.05, 0) is 42.5 Å². The molecule has 3 rings (SSSR count). The maximum absolute atomic E-state index is 12.3. The number of rotatable bonds is 11. The third kappa shape index (κ3) is 8.08. The molecule has 0 spiro atoms. The second-order valence-electron chi connectivity index (χ2n) is 8.30. The molecule has 1 aromatic rings. The summed E-state index contributed by atoms with van der Waals surface area (Å²) in [7, 11) is 0. The van der Waals surface area contributed by atoms with Crippen molar-refractivity contribution in [2.75, 3.05) is 51.2 Å². The molecule has 1 saturated heterocycles. The summed E-state index contributed by atoms with van der Waals surface area (Å²) < 4.78 is 6.19. The molecule has 0 aliphatic carbocycles.